The number of benzene rings is 1. The van der Waals surface area contributed by atoms with Crippen molar-refractivity contribution in [2.75, 3.05) is 56.3 Å². The van der Waals surface area contributed by atoms with Gasteiger partial charge in [-0.15, -0.1) is 0 Å². The van der Waals surface area contributed by atoms with Crippen molar-refractivity contribution in [1.29, 1.82) is 0 Å². The number of rotatable bonds is 2. The van der Waals surface area contributed by atoms with Crippen molar-refractivity contribution in [2.45, 2.75) is 19.4 Å². The van der Waals surface area contributed by atoms with Crippen molar-refractivity contribution in [1.82, 2.24) is 4.90 Å². The summed E-state index contributed by atoms with van der Waals surface area (Å²) in [4.78, 5) is 16.3. The molecule has 0 unspecified atom stereocenters. The first-order chi connectivity index (χ1) is 11.1. The van der Waals surface area contributed by atoms with Crippen molar-refractivity contribution in [3.63, 3.8) is 0 Å². The van der Waals surface area contributed by atoms with Gasteiger partial charge in [0.25, 0.3) is 0 Å². The van der Waals surface area contributed by atoms with Crippen molar-refractivity contribution in [3.05, 3.63) is 24.3 Å². The van der Waals surface area contributed by atoms with Gasteiger partial charge in [0, 0.05) is 31.0 Å². The van der Waals surface area contributed by atoms with Crippen LogP contribution in [0.3, 0.4) is 0 Å². The maximum absolute atomic E-state index is 12.2. The molecule has 1 N–H and O–H groups in total. The van der Waals surface area contributed by atoms with Gasteiger partial charge in [0.2, 0.25) is 0 Å². The molecule has 2 heterocycles. The summed E-state index contributed by atoms with van der Waals surface area (Å²) in [6.45, 7) is 9.23. The maximum Gasteiger partial charge on any atom is 0.321 e. The smallest absolute Gasteiger partial charge is 0.321 e. The number of carbonyl (C=O) groups is 1. The fourth-order valence-electron chi connectivity index (χ4n) is 3.03. The van der Waals surface area contributed by atoms with Crippen molar-refractivity contribution >= 4 is 17.4 Å². The van der Waals surface area contributed by atoms with Crippen molar-refractivity contribution in [3.8, 4) is 0 Å². The number of hydrogen-bond donors (Lipinski definition) is 1. The summed E-state index contributed by atoms with van der Waals surface area (Å²) in [5.74, 6) is 0. The molecule has 0 saturated carbocycles. The Morgan fingerprint density at radius 1 is 1.04 bits per heavy atom. The number of morpholine rings is 2. The van der Waals surface area contributed by atoms with Crippen molar-refractivity contribution < 1.29 is 14.3 Å². The minimum Gasteiger partial charge on any atom is -0.378 e. The lowest BCUT2D eigenvalue weighted by Crippen LogP contribution is -2.53. The Morgan fingerprint density at radius 2 is 1.70 bits per heavy atom. The second-order valence-electron chi connectivity index (χ2n) is 6.59. The molecule has 0 bridgehead atoms. The lowest BCUT2D eigenvalue weighted by atomic mass is 10.0. The quantitative estimate of drug-likeness (QED) is 0.908. The zero-order valence-corrected chi connectivity index (χ0v) is 13.9. The van der Waals surface area contributed by atoms with E-state index >= 15 is 0 Å². The normalized spacial score (nSPS) is 21.1. The number of carbonyl (C=O) groups excluding carboxylic acids is 1. The predicted octanol–water partition coefficient (Wildman–Crippen LogP) is 2.17. The van der Waals surface area contributed by atoms with Crippen LogP contribution in [0.25, 0.3) is 0 Å². The van der Waals surface area contributed by atoms with Crippen LogP contribution in [0.5, 0.6) is 0 Å². The molecule has 2 saturated heterocycles. The monoisotopic (exact) mass is 319 g/mol. The summed E-state index contributed by atoms with van der Waals surface area (Å²) < 4.78 is 10.8. The van der Waals surface area contributed by atoms with Gasteiger partial charge in [-0.1, -0.05) is 0 Å². The van der Waals surface area contributed by atoms with Gasteiger partial charge in [0.05, 0.1) is 32.0 Å². The standard InChI is InChI=1S/C17H25N3O3/c1-17(2)13-23-12-9-20(17)15-5-3-14(4-6-15)18-16(21)19-7-10-22-11-8-19/h3-6H,7-13H2,1-2H3,(H,18,21). The van der Waals surface area contributed by atoms with Gasteiger partial charge in [-0.2, -0.15) is 0 Å². The first-order valence-electron chi connectivity index (χ1n) is 8.15. The van der Waals surface area contributed by atoms with Crippen molar-refractivity contribution in [2.24, 2.45) is 0 Å². The summed E-state index contributed by atoms with van der Waals surface area (Å²) in [6.07, 6.45) is 0. The summed E-state index contributed by atoms with van der Waals surface area (Å²) in [7, 11) is 0. The molecule has 2 fully saturated rings. The lowest BCUT2D eigenvalue weighted by molar-refractivity contribution is 0.0564. The van der Waals surface area contributed by atoms with Crippen LogP contribution in [0.15, 0.2) is 24.3 Å². The maximum atomic E-state index is 12.2. The Labute approximate surface area is 137 Å². The van der Waals surface area contributed by atoms with Crippen LogP contribution in [-0.2, 0) is 9.47 Å². The molecule has 23 heavy (non-hydrogen) atoms. The van der Waals surface area contributed by atoms with Crippen LogP contribution in [0, 0.1) is 0 Å². The fraction of sp³-hybridized carbons (Fsp3) is 0.588. The minimum atomic E-state index is -0.0623. The fourth-order valence-corrected chi connectivity index (χ4v) is 3.03. The lowest BCUT2D eigenvalue weighted by Gasteiger charge is -2.43. The predicted molar refractivity (Wildman–Crippen MR) is 90.1 cm³/mol. The third-order valence-electron chi connectivity index (χ3n) is 4.37. The molecule has 2 amide bonds. The number of nitrogens with one attached hydrogen (secondary N) is 1. The van der Waals surface area contributed by atoms with E-state index in [0.29, 0.717) is 26.3 Å². The van der Waals surface area contributed by atoms with Gasteiger partial charge >= 0.3 is 6.03 Å². The Kier molecular flexibility index (Phi) is 4.73. The Hall–Kier alpha value is -1.79. The molecular formula is C17H25N3O3. The second-order valence-corrected chi connectivity index (χ2v) is 6.59. The first kappa shape index (κ1) is 16.1. The average molecular weight is 319 g/mol. The summed E-state index contributed by atoms with van der Waals surface area (Å²) in [6, 6.07) is 7.97. The number of hydrogen-bond acceptors (Lipinski definition) is 4. The molecule has 1 aromatic rings. The first-order valence-corrected chi connectivity index (χ1v) is 8.15. The zero-order valence-electron chi connectivity index (χ0n) is 13.9. The molecule has 0 spiro atoms. The molecular weight excluding hydrogens is 294 g/mol. The molecule has 0 aliphatic carbocycles. The van der Waals surface area contributed by atoms with E-state index in [1.165, 1.54) is 0 Å². The molecule has 126 valence electrons. The Morgan fingerprint density at radius 3 is 2.35 bits per heavy atom. The Bertz CT molecular complexity index is 539. The summed E-state index contributed by atoms with van der Waals surface area (Å²) in [5, 5.41) is 2.95. The SMILES string of the molecule is CC1(C)COCCN1c1ccc(NC(=O)N2CCOCC2)cc1. The van der Waals surface area contributed by atoms with Gasteiger partial charge in [-0.05, 0) is 38.1 Å². The van der Waals surface area contributed by atoms with Crippen LogP contribution in [0.4, 0.5) is 16.2 Å². The van der Waals surface area contributed by atoms with Gasteiger partial charge in [-0.3, -0.25) is 0 Å². The highest BCUT2D eigenvalue weighted by atomic mass is 16.5. The van der Waals surface area contributed by atoms with Crippen LogP contribution in [-0.4, -0.2) is 62.5 Å². The molecule has 0 atom stereocenters. The molecule has 3 rings (SSSR count). The molecule has 6 nitrogen and oxygen atoms in total. The second kappa shape index (κ2) is 6.76. The van der Waals surface area contributed by atoms with Crippen LogP contribution in [0.2, 0.25) is 0 Å². The van der Waals surface area contributed by atoms with Gasteiger partial charge in [0.1, 0.15) is 0 Å². The summed E-state index contributed by atoms with van der Waals surface area (Å²) >= 11 is 0. The number of anilines is 2. The molecule has 6 heteroatoms. The van der Waals surface area contributed by atoms with E-state index in [1.807, 2.05) is 12.1 Å². The third-order valence-corrected chi connectivity index (χ3v) is 4.37. The minimum absolute atomic E-state index is 0.0170. The highest BCUT2D eigenvalue weighted by molar-refractivity contribution is 5.89. The number of urea groups is 1. The average Bonchev–Trinajstić information content (AvgIpc) is 2.56. The number of nitrogens with zero attached hydrogens (tertiary/aromatic N) is 2. The third kappa shape index (κ3) is 3.76. The van der Waals surface area contributed by atoms with E-state index < -0.39 is 0 Å². The van der Waals surface area contributed by atoms with Crippen LogP contribution in [0.1, 0.15) is 13.8 Å². The molecule has 0 radical (unpaired) electrons. The molecule has 0 aromatic heterocycles. The topological polar surface area (TPSA) is 54.0 Å². The van der Waals surface area contributed by atoms with Gasteiger partial charge in [-0.25, -0.2) is 4.79 Å². The molecule has 2 aliphatic heterocycles. The zero-order chi connectivity index (χ0) is 16.3. The highest BCUT2D eigenvalue weighted by Gasteiger charge is 2.30. The van der Waals surface area contributed by atoms with E-state index in [0.717, 1.165) is 31.1 Å². The van der Waals surface area contributed by atoms with Crippen LogP contribution >= 0.6 is 0 Å². The van der Waals surface area contributed by atoms with Crippen LogP contribution < -0.4 is 10.2 Å². The summed E-state index contributed by atoms with van der Waals surface area (Å²) in [5.41, 5.74) is 1.95. The van der Waals surface area contributed by atoms with Gasteiger partial charge < -0.3 is 24.6 Å². The number of amides is 2. The highest BCUT2D eigenvalue weighted by Crippen LogP contribution is 2.28. The molecule has 2 aliphatic rings. The Balaban J connectivity index is 1.63. The van der Waals surface area contributed by atoms with E-state index in [1.54, 1.807) is 4.90 Å². The molecule has 1 aromatic carbocycles. The number of ether oxygens (including phenoxy) is 2. The van der Waals surface area contributed by atoms with E-state index in [9.17, 15) is 4.79 Å². The van der Waals surface area contributed by atoms with E-state index in [-0.39, 0.29) is 11.6 Å². The largest absolute Gasteiger partial charge is 0.378 e. The van der Waals surface area contributed by atoms with Gasteiger partial charge in [0.15, 0.2) is 0 Å². The van der Waals surface area contributed by atoms with E-state index in [4.69, 9.17) is 9.47 Å². The van der Waals surface area contributed by atoms with E-state index in [2.05, 4.69) is 36.2 Å².